The lowest BCUT2D eigenvalue weighted by Gasteiger charge is -2.11. The molecule has 0 aliphatic heterocycles. The molecule has 1 aromatic carbocycles. The van der Waals surface area contributed by atoms with Crippen LogP contribution in [0.25, 0.3) is 0 Å². The molecule has 0 unspecified atom stereocenters. The average Bonchev–Trinajstić information content (AvgIpc) is 2.22. The molecule has 4 nitrogen and oxygen atoms in total. The lowest BCUT2D eigenvalue weighted by molar-refractivity contribution is -0.274. The van der Waals surface area contributed by atoms with Crippen LogP contribution in [0.3, 0.4) is 0 Å². The van der Waals surface area contributed by atoms with Gasteiger partial charge in [0, 0.05) is 31.8 Å². The van der Waals surface area contributed by atoms with E-state index in [0.717, 1.165) is 0 Å². The van der Waals surface area contributed by atoms with Crippen LogP contribution < -0.4 is 15.4 Å². The Kier molecular flexibility index (Phi) is 4.82. The lowest BCUT2D eigenvalue weighted by atomic mass is 10.3. The second-order valence-corrected chi connectivity index (χ2v) is 3.49. The van der Waals surface area contributed by atoms with Gasteiger partial charge in [0.2, 0.25) is 5.91 Å². The standard InChI is InChI=1S/C11H13F3N2O2/c1-8(17)15-5-6-16-9-3-2-4-10(7-9)18-11(12,13)14/h2-4,7,16H,5-6H2,1H3,(H,15,17). The SMILES string of the molecule is CC(=O)NCCNc1cccc(OC(F)(F)F)c1. The number of nitrogens with one attached hydrogen (secondary N) is 2. The van der Waals surface area contributed by atoms with Gasteiger partial charge >= 0.3 is 6.36 Å². The highest BCUT2D eigenvalue weighted by Crippen LogP contribution is 2.24. The van der Waals surface area contributed by atoms with E-state index in [1.165, 1.54) is 25.1 Å². The first kappa shape index (κ1) is 14.1. The van der Waals surface area contributed by atoms with Crippen molar-refractivity contribution in [1.82, 2.24) is 5.32 Å². The number of benzene rings is 1. The monoisotopic (exact) mass is 262 g/mol. The van der Waals surface area contributed by atoms with E-state index in [2.05, 4.69) is 15.4 Å². The Morgan fingerprint density at radius 3 is 2.67 bits per heavy atom. The third kappa shape index (κ3) is 5.97. The summed E-state index contributed by atoms with van der Waals surface area (Å²) in [7, 11) is 0. The van der Waals surface area contributed by atoms with Crippen LogP contribution in [-0.4, -0.2) is 25.4 Å². The molecule has 0 aliphatic rings. The quantitative estimate of drug-likeness (QED) is 0.799. The van der Waals surface area contributed by atoms with Crippen molar-refractivity contribution in [2.45, 2.75) is 13.3 Å². The first-order valence-electron chi connectivity index (χ1n) is 5.21. The van der Waals surface area contributed by atoms with Gasteiger partial charge in [0.05, 0.1) is 0 Å². The van der Waals surface area contributed by atoms with Crippen molar-refractivity contribution in [3.8, 4) is 5.75 Å². The second-order valence-electron chi connectivity index (χ2n) is 3.49. The molecular weight excluding hydrogens is 249 g/mol. The molecule has 100 valence electrons. The minimum atomic E-state index is -4.70. The smallest absolute Gasteiger partial charge is 0.406 e. The molecule has 1 aromatic rings. The zero-order valence-electron chi connectivity index (χ0n) is 9.67. The summed E-state index contributed by atoms with van der Waals surface area (Å²) in [5.74, 6) is -0.446. The number of alkyl halides is 3. The maximum atomic E-state index is 12.0. The van der Waals surface area contributed by atoms with E-state index in [1.807, 2.05) is 0 Å². The molecule has 0 radical (unpaired) electrons. The van der Waals surface area contributed by atoms with Crippen molar-refractivity contribution < 1.29 is 22.7 Å². The molecule has 0 heterocycles. The van der Waals surface area contributed by atoms with Gasteiger partial charge in [-0.15, -0.1) is 13.2 Å². The van der Waals surface area contributed by atoms with Gasteiger partial charge < -0.3 is 15.4 Å². The van der Waals surface area contributed by atoms with Gasteiger partial charge in [0.1, 0.15) is 5.75 Å². The Labute approximate surface area is 102 Å². The third-order valence-electron chi connectivity index (χ3n) is 1.90. The van der Waals surface area contributed by atoms with Crippen molar-refractivity contribution in [2.75, 3.05) is 18.4 Å². The summed E-state index contributed by atoms with van der Waals surface area (Å²) in [5, 5.41) is 5.42. The summed E-state index contributed by atoms with van der Waals surface area (Å²) in [5.41, 5.74) is 0.488. The Morgan fingerprint density at radius 2 is 2.06 bits per heavy atom. The topological polar surface area (TPSA) is 50.4 Å². The van der Waals surface area contributed by atoms with Crippen LogP contribution in [0.4, 0.5) is 18.9 Å². The van der Waals surface area contributed by atoms with E-state index < -0.39 is 6.36 Å². The molecule has 0 atom stereocenters. The van der Waals surface area contributed by atoms with Crippen LogP contribution in [0.5, 0.6) is 5.75 Å². The van der Waals surface area contributed by atoms with Crippen LogP contribution in [0.2, 0.25) is 0 Å². The van der Waals surface area contributed by atoms with E-state index in [9.17, 15) is 18.0 Å². The Balaban J connectivity index is 2.47. The minimum Gasteiger partial charge on any atom is -0.406 e. The Hall–Kier alpha value is -1.92. The number of halogens is 3. The molecular formula is C11H13F3N2O2. The molecule has 1 rings (SSSR count). The van der Waals surface area contributed by atoms with Gasteiger partial charge in [-0.1, -0.05) is 6.07 Å². The number of hydrogen-bond donors (Lipinski definition) is 2. The summed E-state index contributed by atoms with van der Waals surface area (Å²) in [6, 6.07) is 5.51. The fourth-order valence-corrected chi connectivity index (χ4v) is 1.25. The highest BCUT2D eigenvalue weighted by atomic mass is 19.4. The molecule has 0 saturated carbocycles. The van der Waals surface area contributed by atoms with Gasteiger partial charge in [-0.05, 0) is 12.1 Å². The zero-order valence-corrected chi connectivity index (χ0v) is 9.67. The summed E-state index contributed by atoms with van der Waals surface area (Å²) < 4.78 is 39.7. The van der Waals surface area contributed by atoms with Crippen LogP contribution in [0.15, 0.2) is 24.3 Å². The summed E-state index contributed by atoms with van der Waals surface area (Å²) >= 11 is 0. The maximum Gasteiger partial charge on any atom is 0.573 e. The van der Waals surface area contributed by atoms with Gasteiger partial charge in [0.25, 0.3) is 0 Å². The molecule has 0 aromatic heterocycles. The van der Waals surface area contributed by atoms with Crippen molar-refractivity contribution in [3.05, 3.63) is 24.3 Å². The highest BCUT2D eigenvalue weighted by Gasteiger charge is 2.31. The summed E-state index contributed by atoms with van der Waals surface area (Å²) in [6.07, 6.45) is -4.70. The van der Waals surface area contributed by atoms with E-state index in [0.29, 0.717) is 18.8 Å². The zero-order chi connectivity index (χ0) is 13.6. The first-order valence-corrected chi connectivity index (χ1v) is 5.21. The van der Waals surface area contributed by atoms with Crippen molar-refractivity contribution in [3.63, 3.8) is 0 Å². The number of amides is 1. The molecule has 0 fully saturated rings. The number of hydrogen-bond acceptors (Lipinski definition) is 3. The van der Waals surface area contributed by atoms with Crippen LogP contribution in [0.1, 0.15) is 6.92 Å². The molecule has 0 bridgehead atoms. The van der Waals surface area contributed by atoms with Gasteiger partial charge in [-0.3, -0.25) is 4.79 Å². The van der Waals surface area contributed by atoms with Gasteiger partial charge in [-0.2, -0.15) is 0 Å². The Bertz CT molecular complexity index is 408. The van der Waals surface area contributed by atoms with Crippen molar-refractivity contribution in [2.24, 2.45) is 0 Å². The normalized spacial score (nSPS) is 10.9. The first-order chi connectivity index (χ1) is 8.37. The van der Waals surface area contributed by atoms with Crippen molar-refractivity contribution in [1.29, 1.82) is 0 Å². The molecule has 7 heteroatoms. The van der Waals surface area contributed by atoms with Gasteiger partial charge in [0.15, 0.2) is 0 Å². The second kappa shape index (κ2) is 6.13. The predicted molar refractivity (Wildman–Crippen MR) is 60.3 cm³/mol. The van der Waals surface area contributed by atoms with E-state index in [-0.39, 0.29) is 11.7 Å². The number of ether oxygens (including phenoxy) is 1. The number of carbonyl (C=O) groups excluding carboxylic acids is 1. The Morgan fingerprint density at radius 1 is 1.33 bits per heavy atom. The fourth-order valence-electron chi connectivity index (χ4n) is 1.25. The predicted octanol–water partition coefficient (Wildman–Crippen LogP) is 2.13. The fraction of sp³-hybridized carbons (Fsp3) is 0.364. The average molecular weight is 262 g/mol. The largest absolute Gasteiger partial charge is 0.573 e. The molecule has 0 aliphatic carbocycles. The highest BCUT2D eigenvalue weighted by molar-refractivity contribution is 5.72. The third-order valence-corrected chi connectivity index (χ3v) is 1.90. The number of carbonyl (C=O) groups is 1. The maximum absolute atomic E-state index is 12.0. The van der Waals surface area contributed by atoms with E-state index in [4.69, 9.17) is 0 Å². The van der Waals surface area contributed by atoms with Crippen LogP contribution in [-0.2, 0) is 4.79 Å². The molecule has 18 heavy (non-hydrogen) atoms. The van der Waals surface area contributed by atoms with E-state index >= 15 is 0 Å². The summed E-state index contributed by atoms with van der Waals surface area (Å²) in [4.78, 5) is 10.6. The molecule has 0 spiro atoms. The van der Waals surface area contributed by atoms with Crippen molar-refractivity contribution >= 4 is 11.6 Å². The summed E-state index contributed by atoms with van der Waals surface area (Å²) in [6.45, 7) is 2.19. The lowest BCUT2D eigenvalue weighted by Crippen LogP contribution is -2.26. The van der Waals surface area contributed by atoms with Crippen LogP contribution >= 0.6 is 0 Å². The van der Waals surface area contributed by atoms with E-state index in [1.54, 1.807) is 6.07 Å². The number of anilines is 1. The molecule has 1 amide bonds. The van der Waals surface area contributed by atoms with Gasteiger partial charge in [-0.25, -0.2) is 0 Å². The van der Waals surface area contributed by atoms with Crippen LogP contribution in [0, 0.1) is 0 Å². The minimum absolute atomic E-state index is 0.161. The number of rotatable bonds is 5. The molecule has 2 N–H and O–H groups in total. The molecule has 0 saturated heterocycles.